The van der Waals surface area contributed by atoms with Gasteiger partial charge in [-0.3, -0.25) is 0 Å². The molecule has 1 unspecified atom stereocenters. The van der Waals surface area contributed by atoms with Crippen LogP contribution in [0.1, 0.15) is 23.0 Å². The van der Waals surface area contributed by atoms with E-state index in [4.69, 9.17) is 4.98 Å². The molecule has 1 aromatic heterocycles. The van der Waals surface area contributed by atoms with Crippen LogP contribution in [0.3, 0.4) is 0 Å². The number of hydrogen-bond acceptors (Lipinski definition) is 2. The number of fused-ring (bicyclic) bond motifs is 1. The van der Waals surface area contributed by atoms with Crippen molar-refractivity contribution in [1.82, 2.24) is 20.2 Å². The highest BCUT2D eigenvalue weighted by Gasteiger charge is 2.22. The molecular weight excluding hydrogens is 224 g/mol. The highest BCUT2D eigenvalue weighted by atomic mass is 15.2. The fraction of sp³-hybridized carbons (Fsp3) is 0.500. The lowest BCUT2D eigenvalue weighted by molar-refractivity contribution is 0.232. The maximum Gasteiger partial charge on any atom is 0.127 e. The number of piperazine rings is 1. The molecule has 2 heterocycles. The molecule has 0 bridgehead atoms. The summed E-state index contributed by atoms with van der Waals surface area (Å²) >= 11 is 0. The zero-order valence-corrected chi connectivity index (χ0v) is 11.2. The molecule has 1 aromatic carbocycles. The lowest BCUT2D eigenvalue weighted by atomic mass is 10.1. The summed E-state index contributed by atoms with van der Waals surface area (Å²) < 4.78 is 0. The Hall–Kier alpha value is -1.39. The van der Waals surface area contributed by atoms with Gasteiger partial charge < -0.3 is 9.88 Å². The van der Waals surface area contributed by atoms with Gasteiger partial charge in [0.1, 0.15) is 5.82 Å². The van der Waals surface area contributed by atoms with E-state index in [9.17, 15) is 0 Å². The first-order chi connectivity index (χ1) is 8.63. The van der Waals surface area contributed by atoms with Gasteiger partial charge in [-0.15, -0.1) is 0 Å². The van der Waals surface area contributed by atoms with E-state index in [1.807, 2.05) is 0 Å². The van der Waals surface area contributed by atoms with Gasteiger partial charge in [-0.2, -0.15) is 0 Å². The van der Waals surface area contributed by atoms with E-state index in [-0.39, 0.29) is 6.04 Å². The van der Waals surface area contributed by atoms with Gasteiger partial charge in [-0.25, -0.2) is 10.3 Å². The largest absolute Gasteiger partial charge is 0.341 e. The van der Waals surface area contributed by atoms with E-state index in [1.54, 1.807) is 0 Å². The minimum Gasteiger partial charge on any atom is -0.341 e. The zero-order chi connectivity index (χ0) is 12.7. The molecule has 0 aliphatic carbocycles. The second-order valence-corrected chi connectivity index (χ2v) is 5.26. The molecule has 1 fully saturated rings. The second kappa shape index (κ2) is 4.37. The second-order valence-electron chi connectivity index (χ2n) is 5.26. The average molecular weight is 243 g/mol. The number of hydrogen-bond donors (Lipinski definition) is 1. The lowest BCUT2D eigenvalue weighted by Gasteiger charge is -2.28. The van der Waals surface area contributed by atoms with Crippen LogP contribution in [0, 0.1) is 13.8 Å². The number of rotatable bonds is 1. The predicted molar refractivity (Wildman–Crippen MR) is 72.8 cm³/mol. The van der Waals surface area contributed by atoms with Crippen LogP contribution in [0.2, 0.25) is 0 Å². The smallest absolute Gasteiger partial charge is 0.127 e. The molecule has 1 radical (unpaired) electrons. The molecule has 18 heavy (non-hydrogen) atoms. The van der Waals surface area contributed by atoms with Crippen LogP contribution in [-0.4, -0.2) is 41.5 Å². The van der Waals surface area contributed by atoms with Crippen LogP contribution in [0.25, 0.3) is 11.0 Å². The third-order valence-corrected chi connectivity index (χ3v) is 3.75. The molecule has 1 saturated heterocycles. The van der Waals surface area contributed by atoms with Crippen molar-refractivity contribution < 1.29 is 0 Å². The summed E-state index contributed by atoms with van der Waals surface area (Å²) in [6.45, 7) is 7.17. The van der Waals surface area contributed by atoms with Crippen molar-refractivity contribution in [3.63, 3.8) is 0 Å². The van der Waals surface area contributed by atoms with Gasteiger partial charge in [0, 0.05) is 19.6 Å². The van der Waals surface area contributed by atoms with Crippen LogP contribution in [0.5, 0.6) is 0 Å². The van der Waals surface area contributed by atoms with Crippen molar-refractivity contribution in [2.75, 3.05) is 26.7 Å². The summed E-state index contributed by atoms with van der Waals surface area (Å²) in [6.07, 6.45) is 0. The number of likely N-dealkylation sites (N-methyl/N-ethyl adjacent to an activating group) is 1. The summed E-state index contributed by atoms with van der Waals surface area (Å²) in [6, 6.07) is 4.52. The van der Waals surface area contributed by atoms with E-state index in [0.717, 1.165) is 36.5 Å². The molecule has 0 saturated carbocycles. The summed E-state index contributed by atoms with van der Waals surface area (Å²) in [4.78, 5) is 10.4. The van der Waals surface area contributed by atoms with Crippen molar-refractivity contribution in [2.45, 2.75) is 19.9 Å². The van der Waals surface area contributed by atoms with E-state index in [0.29, 0.717) is 0 Å². The number of H-pyrrole nitrogens is 1. The number of nitrogens with zero attached hydrogens (tertiary/aromatic N) is 3. The topological polar surface area (TPSA) is 46.0 Å². The van der Waals surface area contributed by atoms with Crippen molar-refractivity contribution in [1.29, 1.82) is 0 Å². The summed E-state index contributed by atoms with van der Waals surface area (Å²) in [5.74, 6) is 1.00. The standard InChI is InChI=1S/C14H19N4/c1-9-6-11-12(7-10(9)2)17-14(16-11)13-8-18(3)5-4-15-13/h6-7,13H,4-5,8H2,1-3H3,(H,16,17). The van der Waals surface area contributed by atoms with Crippen molar-refractivity contribution in [3.8, 4) is 0 Å². The highest BCUT2D eigenvalue weighted by Crippen LogP contribution is 2.21. The molecular formula is C14H19N4. The number of imidazole rings is 1. The van der Waals surface area contributed by atoms with Gasteiger partial charge in [0.25, 0.3) is 0 Å². The van der Waals surface area contributed by atoms with Crippen molar-refractivity contribution >= 4 is 11.0 Å². The van der Waals surface area contributed by atoms with Crippen LogP contribution < -0.4 is 5.32 Å². The third kappa shape index (κ3) is 2.02. The molecule has 1 aliphatic rings. The SMILES string of the molecule is Cc1cc2nc(C3CN(C)CC[N]3)[nH]c2cc1C. The maximum atomic E-state index is 4.70. The number of aromatic nitrogens is 2. The number of nitrogens with one attached hydrogen (secondary N) is 1. The monoisotopic (exact) mass is 243 g/mol. The first-order valence-corrected chi connectivity index (χ1v) is 6.45. The zero-order valence-electron chi connectivity index (χ0n) is 11.2. The van der Waals surface area contributed by atoms with Crippen molar-refractivity contribution in [2.24, 2.45) is 0 Å². The molecule has 1 N–H and O–H groups in total. The Bertz CT molecular complexity index is 533. The molecule has 1 atom stereocenters. The fourth-order valence-electron chi connectivity index (χ4n) is 2.45. The lowest BCUT2D eigenvalue weighted by Crippen LogP contribution is -2.40. The van der Waals surface area contributed by atoms with Gasteiger partial charge in [-0.1, -0.05) is 0 Å². The normalized spacial score (nSPS) is 21.6. The Morgan fingerprint density at radius 1 is 1.28 bits per heavy atom. The van der Waals surface area contributed by atoms with Gasteiger partial charge in [-0.05, 0) is 44.2 Å². The molecule has 0 spiro atoms. The Labute approximate surface area is 107 Å². The Kier molecular flexibility index (Phi) is 2.84. The molecule has 95 valence electrons. The van der Waals surface area contributed by atoms with E-state index < -0.39 is 0 Å². The molecule has 1 aliphatic heterocycles. The minimum atomic E-state index is 0.191. The molecule has 4 nitrogen and oxygen atoms in total. The summed E-state index contributed by atoms with van der Waals surface area (Å²) in [5.41, 5.74) is 4.77. The molecule has 3 rings (SSSR count). The Morgan fingerprint density at radius 2 is 2.06 bits per heavy atom. The highest BCUT2D eigenvalue weighted by molar-refractivity contribution is 5.77. The summed E-state index contributed by atoms with van der Waals surface area (Å²) in [7, 11) is 2.14. The molecule has 4 heteroatoms. The minimum absolute atomic E-state index is 0.191. The fourth-order valence-corrected chi connectivity index (χ4v) is 2.45. The predicted octanol–water partition coefficient (Wildman–Crippen LogP) is 1.77. The van der Waals surface area contributed by atoms with Crippen LogP contribution in [-0.2, 0) is 0 Å². The van der Waals surface area contributed by atoms with Crippen molar-refractivity contribution in [3.05, 3.63) is 29.1 Å². The van der Waals surface area contributed by atoms with Gasteiger partial charge in [0.2, 0.25) is 0 Å². The van der Waals surface area contributed by atoms with E-state index in [1.165, 1.54) is 11.1 Å². The average Bonchev–Trinajstić information content (AvgIpc) is 2.73. The van der Waals surface area contributed by atoms with Crippen LogP contribution >= 0.6 is 0 Å². The first kappa shape index (κ1) is 11.7. The number of aryl methyl sites for hydroxylation is 2. The van der Waals surface area contributed by atoms with E-state index >= 15 is 0 Å². The van der Waals surface area contributed by atoms with Gasteiger partial charge in [0.15, 0.2) is 0 Å². The van der Waals surface area contributed by atoms with E-state index in [2.05, 4.69) is 48.2 Å². The number of benzene rings is 1. The number of aromatic amines is 1. The molecule has 0 amide bonds. The Balaban J connectivity index is 1.97. The summed E-state index contributed by atoms with van der Waals surface area (Å²) in [5, 5.41) is 4.65. The third-order valence-electron chi connectivity index (χ3n) is 3.75. The quantitative estimate of drug-likeness (QED) is 0.829. The maximum absolute atomic E-state index is 4.70. The molecule has 2 aromatic rings. The Morgan fingerprint density at radius 3 is 2.83 bits per heavy atom. The first-order valence-electron chi connectivity index (χ1n) is 6.45. The van der Waals surface area contributed by atoms with Gasteiger partial charge in [0.05, 0.1) is 17.1 Å². The van der Waals surface area contributed by atoms with Gasteiger partial charge >= 0.3 is 0 Å². The van der Waals surface area contributed by atoms with Crippen LogP contribution in [0.4, 0.5) is 0 Å². The van der Waals surface area contributed by atoms with Crippen LogP contribution in [0.15, 0.2) is 12.1 Å².